The summed E-state index contributed by atoms with van der Waals surface area (Å²) >= 11 is 1.09. The largest absolute Gasteiger partial charge is 0.497 e. The minimum atomic E-state index is -0.674. The molecule has 30 heavy (non-hydrogen) atoms. The molecule has 10 nitrogen and oxygen atoms in total. The van der Waals surface area contributed by atoms with Crippen molar-refractivity contribution in [2.45, 2.75) is 16.8 Å². The molecule has 11 heteroatoms. The summed E-state index contributed by atoms with van der Waals surface area (Å²) < 4.78 is 5.13. The van der Waals surface area contributed by atoms with Crippen molar-refractivity contribution in [1.29, 1.82) is 0 Å². The van der Waals surface area contributed by atoms with Crippen LogP contribution in [0.2, 0.25) is 0 Å². The number of nitro groups is 1. The standard InChI is InChI=1S/C19H15N5O5S/c1-29-14-8-2-11(3-9-14)17-20-19(22-21-17)30-15-10-16(25)23(18(15)26)12-4-6-13(7-5-12)24(27)28/h2-9,15H,10H2,1H3,(H,20,21,22)/t15-/m0/s1. The molecule has 2 aromatic carbocycles. The van der Waals surface area contributed by atoms with Gasteiger partial charge in [0.05, 0.1) is 17.7 Å². The fourth-order valence-corrected chi connectivity index (χ4v) is 3.92. The van der Waals surface area contributed by atoms with E-state index in [1.807, 2.05) is 12.1 Å². The molecule has 2 heterocycles. The van der Waals surface area contributed by atoms with Gasteiger partial charge in [0.2, 0.25) is 17.0 Å². The van der Waals surface area contributed by atoms with E-state index in [9.17, 15) is 19.7 Å². The molecule has 0 aliphatic carbocycles. The fourth-order valence-electron chi connectivity index (χ4n) is 3.00. The molecule has 1 aromatic heterocycles. The molecule has 0 bridgehead atoms. The van der Waals surface area contributed by atoms with E-state index in [4.69, 9.17) is 4.74 Å². The molecule has 152 valence electrons. The second kappa shape index (κ2) is 7.95. The molecule has 0 saturated carbocycles. The topological polar surface area (TPSA) is 131 Å². The van der Waals surface area contributed by atoms with Gasteiger partial charge in [-0.25, -0.2) is 9.88 Å². The van der Waals surface area contributed by atoms with E-state index in [2.05, 4.69) is 15.2 Å². The highest BCUT2D eigenvalue weighted by molar-refractivity contribution is 8.00. The Morgan fingerprint density at radius 2 is 1.87 bits per heavy atom. The highest BCUT2D eigenvalue weighted by atomic mass is 32.2. The summed E-state index contributed by atoms with van der Waals surface area (Å²) in [5.41, 5.74) is 0.986. The molecule has 1 saturated heterocycles. The number of nitrogens with zero attached hydrogens (tertiary/aromatic N) is 4. The second-order valence-electron chi connectivity index (χ2n) is 6.35. The highest BCUT2D eigenvalue weighted by Crippen LogP contribution is 2.33. The van der Waals surface area contributed by atoms with Gasteiger partial charge in [-0.05, 0) is 36.4 Å². The number of amides is 2. The van der Waals surface area contributed by atoms with Crippen molar-refractivity contribution in [2.75, 3.05) is 12.0 Å². The van der Waals surface area contributed by atoms with Crippen LogP contribution in [0, 0.1) is 10.1 Å². The number of methoxy groups -OCH3 is 1. The summed E-state index contributed by atoms with van der Waals surface area (Å²) in [5.74, 6) is 0.463. The van der Waals surface area contributed by atoms with Crippen molar-refractivity contribution in [3.05, 3.63) is 58.6 Å². The van der Waals surface area contributed by atoms with Gasteiger partial charge in [0.1, 0.15) is 11.0 Å². The van der Waals surface area contributed by atoms with Gasteiger partial charge in [0, 0.05) is 24.1 Å². The zero-order valence-electron chi connectivity index (χ0n) is 15.6. The van der Waals surface area contributed by atoms with Crippen molar-refractivity contribution in [2.24, 2.45) is 0 Å². The molecule has 1 N–H and O–H groups in total. The van der Waals surface area contributed by atoms with E-state index in [0.29, 0.717) is 22.4 Å². The Labute approximate surface area is 174 Å². The van der Waals surface area contributed by atoms with Gasteiger partial charge in [-0.15, -0.1) is 5.10 Å². The van der Waals surface area contributed by atoms with Crippen LogP contribution in [0.4, 0.5) is 11.4 Å². The van der Waals surface area contributed by atoms with E-state index in [0.717, 1.165) is 22.2 Å². The lowest BCUT2D eigenvalue weighted by atomic mass is 10.2. The van der Waals surface area contributed by atoms with Crippen LogP contribution in [0.25, 0.3) is 11.4 Å². The number of carbonyl (C=O) groups excluding carboxylic acids is 2. The van der Waals surface area contributed by atoms with Gasteiger partial charge >= 0.3 is 0 Å². The van der Waals surface area contributed by atoms with Crippen molar-refractivity contribution >= 4 is 35.0 Å². The van der Waals surface area contributed by atoms with Gasteiger partial charge in [-0.1, -0.05) is 11.8 Å². The zero-order chi connectivity index (χ0) is 21.3. The number of H-pyrrole nitrogens is 1. The number of nitrogens with one attached hydrogen (secondary N) is 1. The van der Waals surface area contributed by atoms with Crippen molar-refractivity contribution in [3.8, 4) is 17.1 Å². The summed E-state index contributed by atoms with van der Waals surface area (Å²) in [6, 6.07) is 12.5. The highest BCUT2D eigenvalue weighted by Gasteiger charge is 2.41. The van der Waals surface area contributed by atoms with Crippen LogP contribution < -0.4 is 9.64 Å². The predicted octanol–water partition coefficient (Wildman–Crippen LogP) is 2.81. The molecule has 3 aromatic rings. The first kappa shape index (κ1) is 19.6. The lowest BCUT2D eigenvalue weighted by molar-refractivity contribution is -0.384. The van der Waals surface area contributed by atoms with Crippen LogP contribution in [0.1, 0.15) is 6.42 Å². The molecule has 2 amide bonds. The monoisotopic (exact) mass is 425 g/mol. The molecule has 1 fully saturated rings. The number of hydrogen-bond donors (Lipinski definition) is 1. The number of nitro benzene ring substituents is 1. The maximum absolute atomic E-state index is 12.8. The van der Waals surface area contributed by atoms with Crippen molar-refractivity contribution in [3.63, 3.8) is 0 Å². The van der Waals surface area contributed by atoms with Gasteiger partial charge in [-0.3, -0.25) is 24.8 Å². The number of rotatable bonds is 6. The van der Waals surface area contributed by atoms with Crippen LogP contribution in [-0.4, -0.2) is 44.3 Å². The van der Waals surface area contributed by atoms with Crippen LogP contribution in [0.5, 0.6) is 5.75 Å². The van der Waals surface area contributed by atoms with E-state index < -0.39 is 16.1 Å². The summed E-state index contributed by atoms with van der Waals surface area (Å²) in [6.45, 7) is 0. The number of carbonyl (C=O) groups is 2. The maximum atomic E-state index is 12.8. The Morgan fingerprint density at radius 1 is 1.17 bits per heavy atom. The Kier molecular flexibility index (Phi) is 5.19. The van der Waals surface area contributed by atoms with E-state index in [-0.39, 0.29) is 18.0 Å². The summed E-state index contributed by atoms with van der Waals surface area (Å²) in [7, 11) is 1.58. The van der Waals surface area contributed by atoms with Gasteiger partial charge in [0.25, 0.3) is 5.69 Å². The maximum Gasteiger partial charge on any atom is 0.269 e. The summed E-state index contributed by atoms with van der Waals surface area (Å²) in [5, 5.41) is 17.4. The SMILES string of the molecule is COc1ccc(-c2nc(S[C@H]3CC(=O)N(c4ccc([N+](=O)[O-])cc4)C3=O)n[nH]2)cc1. The van der Waals surface area contributed by atoms with Crippen LogP contribution >= 0.6 is 11.8 Å². The third kappa shape index (κ3) is 3.74. The third-order valence-electron chi connectivity index (χ3n) is 4.50. The van der Waals surface area contributed by atoms with Gasteiger partial charge in [0.15, 0.2) is 5.82 Å². The third-order valence-corrected chi connectivity index (χ3v) is 5.55. The Morgan fingerprint density at radius 3 is 2.50 bits per heavy atom. The molecule has 1 atom stereocenters. The second-order valence-corrected chi connectivity index (χ2v) is 7.52. The molecule has 4 rings (SSSR count). The average Bonchev–Trinajstić information content (AvgIpc) is 3.32. The average molecular weight is 425 g/mol. The van der Waals surface area contributed by atoms with Gasteiger partial charge < -0.3 is 4.74 Å². The minimum absolute atomic E-state index is 0.00705. The molecule has 0 radical (unpaired) electrons. The first-order chi connectivity index (χ1) is 14.5. The van der Waals surface area contributed by atoms with Crippen molar-refractivity contribution in [1.82, 2.24) is 15.2 Å². The van der Waals surface area contributed by atoms with E-state index in [1.54, 1.807) is 19.2 Å². The number of anilines is 1. The number of aromatic nitrogens is 3. The Bertz CT molecular complexity index is 1110. The van der Waals surface area contributed by atoms with Gasteiger partial charge in [-0.2, -0.15) is 0 Å². The van der Waals surface area contributed by atoms with Crippen LogP contribution in [0.3, 0.4) is 0 Å². The number of ether oxygens (including phenoxy) is 1. The summed E-state index contributed by atoms with van der Waals surface area (Å²) in [6.07, 6.45) is -0.00705. The molecule has 0 unspecified atom stereocenters. The first-order valence-electron chi connectivity index (χ1n) is 8.81. The summed E-state index contributed by atoms with van der Waals surface area (Å²) in [4.78, 5) is 40.8. The molecule has 0 spiro atoms. The molecular formula is C19H15N5O5S. The van der Waals surface area contributed by atoms with Crippen LogP contribution in [0.15, 0.2) is 53.7 Å². The van der Waals surface area contributed by atoms with E-state index in [1.165, 1.54) is 24.3 Å². The van der Waals surface area contributed by atoms with Crippen LogP contribution in [-0.2, 0) is 9.59 Å². The molecule has 1 aliphatic heterocycles. The number of benzene rings is 2. The zero-order valence-corrected chi connectivity index (χ0v) is 16.5. The smallest absolute Gasteiger partial charge is 0.269 e. The normalized spacial score (nSPS) is 16.2. The number of imide groups is 1. The fraction of sp³-hybridized carbons (Fsp3) is 0.158. The quantitative estimate of drug-likeness (QED) is 0.362. The number of non-ortho nitro benzene ring substituents is 1. The predicted molar refractivity (Wildman–Crippen MR) is 108 cm³/mol. The van der Waals surface area contributed by atoms with E-state index >= 15 is 0 Å². The molecule has 1 aliphatic rings. The lowest BCUT2D eigenvalue weighted by Crippen LogP contribution is -2.31. The Hall–Kier alpha value is -3.73. The van der Waals surface area contributed by atoms with Crippen molar-refractivity contribution < 1.29 is 19.2 Å². The minimum Gasteiger partial charge on any atom is -0.497 e. The molecular weight excluding hydrogens is 410 g/mol. The lowest BCUT2D eigenvalue weighted by Gasteiger charge is -2.14. The first-order valence-corrected chi connectivity index (χ1v) is 9.69. The number of thioether (sulfide) groups is 1. The Balaban J connectivity index is 1.48. The number of hydrogen-bond acceptors (Lipinski definition) is 8. The number of aromatic amines is 1.